The van der Waals surface area contributed by atoms with Crippen LogP contribution in [0.2, 0.25) is 13.1 Å². The molecule has 0 aromatic heterocycles. The highest BCUT2D eigenvalue weighted by molar-refractivity contribution is 6.79. The number of hydrogen-bond acceptors (Lipinski definition) is 2. The molecule has 0 bridgehead atoms. The van der Waals surface area contributed by atoms with E-state index in [0.717, 1.165) is 0 Å². The van der Waals surface area contributed by atoms with Gasteiger partial charge in [0.2, 0.25) is 0 Å². The maximum Gasteiger partial charge on any atom is 0.146 e. The molecular weight excluding hydrogens is 200 g/mol. The van der Waals surface area contributed by atoms with Crippen LogP contribution in [0.4, 0.5) is 0 Å². The van der Waals surface area contributed by atoms with Crippen molar-refractivity contribution >= 4 is 8.24 Å². The minimum absolute atomic E-state index is 1.24. The van der Waals surface area contributed by atoms with Gasteiger partial charge in [-0.1, -0.05) is 32.1 Å². The van der Waals surface area contributed by atoms with Crippen molar-refractivity contribution in [3.05, 3.63) is 12.3 Å². The first-order valence-electron chi connectivity index (χ1n) is 6.21. The zero-order chi connectivity index (χ0) is 11.3. The van der Waals surface area contributed by atoms with Crippen LogP contribution >= 0.6 is 0 Å². The van der Waals surface area contributed by atoms with E-state index >= 15 is 0 Å². The predicted octanol–water partition coefficient (Wildman–Crippen LogP) is 2.33. The van der Waals surface area contributed by atoms with Crippen molar-refractivity contribution in [2.75, 3.05) is 32.7 Å². The van der Waals surface area contributed by atoms with Crippen LogP contribution in [0.5, 0.6) is 0 Å². The number of hydrogen-bond donors (Lipinski definition) is 0. The molecule has 2 nitrogen and oxygen atoms in total. The Kier molecular flexibility index (Phi) is 5.03. The minimum Gasteiger partial charge on any atom is -0.318 e. The highest BCUT2D eigenvalue weighted by atomic mass is 28.3. The molecule has 88 valence electrons. The lowest BCUT2D eigenvalue weighted by atomic mass is 10.3. The van der Waals surface area contributed by atoms with Crippen LogP contribution in [0.1, 0.15) is 19.8 Å². The Morgan fingerprint density at radius 1 is 1.20 bits per heavy atom. The quantitative estimate of drug-likeness (QED) is 0.664. The molecule has 1 fully saturated rings. The summed E-state index contributed by atoms with van der Waals surface area (Å²) in [4.78, 5) is 2.60. The van der Waals surface area contributed by atoms with Crippen molar-refractivity contribution in [2.24, 2.45) is 0 Å². The SMILES string of the molecule is C=C[Si](C)(C)N1CCN(CCCC)CC1. The molecule has 1 aliphatic rings. The molecule has 0 aromatic rings. The molecule has 0 aliphatic carbocycles. The van der Waals surface area contributed by atoms with Gasteiger partial charge in [-0.15, -0.1) is 6.58 Å². The summed E-state index contributed by atoms with van der Waals surface area (Å²) >= 11 is 0. The molecule has 1 saturated heterocycles. The third-order valence-electron chi connectivity index (χ3n) is 3.51. The number of nitrogens with zero attached hydrogens (tertiary/aromatic N) is 2. The summed E-state index contributed by atoms with van der Waals surface area (Å²) in [7, 11) is -1.27. The molecule has 1 heterocycles. The Labute approximate surface area is 96.0 Å². The maximum atomic E-state index is 3.98. The van der Waals surface area contributed by atoms with Crippen LogP contribution in [-0.2, 0) is 0 Å². The molecule has 0 radical (unpaired) electrons. The average molecular weight is 226 g/mol. The fourth-order valence-corrected chi connectivity index (χ4v) is 3.67. The van der Waals surface area contributed by atoms with E-state index in [1.54, 1.807) is 0 Å². The largest absolute Gasteiger partial charge is 0.318 e. The molecule has 1 aliphatic heterocycles. The molecule has 1 rings (SSSR count). The van der Waals surface area contributed by atoms with Gasteiger partial charge in [-0.2, -0.15) is 0 Å². The number of piperazine rings is 1. The van der Waals surface area contributed by atoms with Gasteiger partial charge in [0, 0.05) is 26.2 Å². The van der Waals surface area contributed by atoms with E-state index in [2.05, 4.69) is 41.8 Å². The smallest absolute Gasteiger partial charge is 0.146 e. The molecule has 15 heavy (non-hydrogen) atoms. The fourth-order valence-electron chi connectivity index (χ4n) is 2.06. The molecule has 0 aromatic carbocycles. The predicted molar refractivity (Wildman–Crippen MR) is 70.6 cm³/mol. The van der Waals surface area contributed by atoms with Crippen molar-refractivity contribution in [1.29, 1.82) is 0 Å². The zero-order valence-electron chi connectivity index (χ0n) is 10.6. The van der Waals surface area contributed by atoms with Crippen molar-refractivity contribution in [1.82, 2.24) is 9.47 Å². The Hall–Kier alpha value is -0.123. The van der Waals surface area contributed by atoms with Gasteiger partial charge in [-0.25, -0.2) is 0 Å². The molecule has 0 N–H and O–H groups in total. The average Bonchev–Trinajstić information content (AvgIpc) is 2.27. The van der Waals surface area contributed by atoms with Crippen molar-refractivity contribution in [3.63, 3.8) is 0 Å². The first-order valence-corrected chi connectivity index (χ1v) is 9.23. The van der Waals surface area contributed by atoms with E-state index < -0.39 is 8.24 Å². The standard InChI is InChI=1S/C12H26N2Si/c1-5-7-8-13-9-11-14(12-10-13)15(3,4)6-2/h6H,2,5,7-12H2,1,3-4H3. The van der Waals surface area contributed by atoms with Gasteiger partial charge in [0.1, 0.15) is 8.24 Å². The van der Waals surface area contributed by atoms with Gasteiger partial charge in [-0.05, 0) is 13.0 Å². The van der Waals surface area contributed by atoms with Gasteiger partial charge in [0.25, 0.3) is 0 Å². The number of unbranched alkanes of at least 4 members (excludes halogenated alkanes) is 1. The van der Waals surface area contributed by atoms with Crippen molar-refractivity contribution < 1.29 is 0 Å². The van der Waals surface area contributed by atoms with Gasteiger partial charge >= 0.3 is 0 Å². The minimum atomic E-state index is -1.27. The number of rotatable bonds is 5. The van der Waals surface area contributed by atoms with Crippen molar-refractivity contribution in [3.8, 4) is 0 Å². The summed E-state index contributed by atoms with van der Waals surface area (Å²) in [6.45, 7) is 17.3. The van der Waals surface area contributed by atoms with Crippen LogP contribution in [0.25, 0.3) is 0 Å². The van der Waals surface area contributed by atoms with E-state index in [0.29, 0.717) is 0 Å². The van der Waals surface area contributed by atoms with Crippen LogP contribution in [0.3, 0.4) is 0 Å². The van der Waals surface area contributed by atoms with Crippen molar-refractivity contribution in [2.45, 2.75) is 32.9 Å². The highest BCUT2D eigenvalue weighted by Gasteiger charge is 2.28. The Balaban J connectivity index is 2.32. The summed E-state index contributed by atoms with van der Waals surface area (Å²) in [5, 5.41) is 0. The Morgan fingerprint density at radius 2 is 1.80 bits per heavy atom. The Bertz CT molecular complexity index is 196. The summed E-state index contributed by atoms with van der Waals surface area (Å²) in [5.74, 6) is 0. The summed E-state index contributed by atoms with van der Waals surface area (Å²) in [6, 6.07) is 0. The van der Waals surface area contributed by atoms with E-state index in [1.807, 2.05) is 0 Å². The monoisotopic (exact) mass is 226 g/mol. The lowest BCUT2D eigenvalue weighted by Crippen LogP contribution is -2.56. The van der Waals surface area contributed by atoms with Gasteiger partial charge in [0.05, 0.1) is 0 Å². The van der Waals surface area contributed by atoms with E-state index in [9.17, 15) is 0 Å². The second kappa shape index (κ2) is 5.82. The summed E-state index contributed by atoms with van der Waals surface area (Å²) in [5.41, 5.74) is 2.20. The molecule has 3 heteroatoms. The third kappa shape index (κ3) is 3.74. The normalized spacial score (nSPS) is 20.5. The second-order valence-corrected chi connectivity index (χ2v) is 9.39. The van der Waals surface area contributed by atoms with Crippen LogP contribution in [-0.4, -0.2) is 50.4 Å². The van der Waals surface area contributed by atoms with E-state index in [-0.39, 0.29) is 0 Å². The van der Waals surface area contributed by atoms with Crippen LogP contribution in [0.15, 0.2) is 12.3 Å². The van der Waals surface area contributed by atoms with Gasteiger partial charge in [0.15, 0.2) is 0 Å². The third-order valence-corrected chi connectivity index (χ3v) is 6.59. The molecular formula is C12H26N2Si. The van der Waals surface area contributed by atoms with Crippen LogP contribution < -0.4 is 0 Å². The topological polar surface area (TPSA) is 6.48 Å². The molecule has 0 amide bonds. The van der Waals surface area contributed by atoms with Gasteiger partial charge in [-0.3, -0.25) is 0 Å². The first kappa shape index (κ1) is 12.9. The molecule has 0 unspecified atom stereocenters. The van der Waals surface area contributed by atoms with Gasteiger partial charge < -0.3 is 9.47 Å². The summed E-state index contributed by atoms with van der Waals surface area (Å²) in [6.07, 6.45) is 2.66. The second-order valence-electron chi connectivity index (χ2n) is 5.04. The Morgan fingerprint density at radius 3 is 2.27 bits per heavy atom. The highest BCUT2D eigenvalue weighted by Crippen LogP contribution is 2.14. The lowest BCUT2D eigenvalue weighted by Gasteiger charge is -2.41. The molecule has 0 atom stereocenters. The lowest BCUT2D eigenvalue weighted by molar-refractivity contribution is 0.182. The zero-order valence-corrected chi connectivity index (χ0v) is 11.6. The maximum absolute atomic E-state index is 3.98. The first-order chi connectivity index (χ1) is 7.10. The van der Waals surface area contributed by atoms with E-state index in [4.69, 9.17) is 0 Å². The van der Waals surface area contributed by atoms with E-state index in [1.165, 1.54) is 45.6 Å². The fraction of sp³-hybridized carbons (Fsp3) is 0.833. The molecule has 0 spiro atoms. The summed E-state index contributed by atoms with van der Waals surface area (Å²) < 4.78 is 2.67. The molecule has 0 saturated carbocycles. The van der Waals surface area contributed by atoms with Crippen LogP contribution in [0, 0.1) is 0 Å².